The summed E-state index contributed by atoms with van der Waals surface area (Å²) in [5.74, 6) is 0. The number of rotatable bonds is 3. The van der Waals surface area contributed by atoms with Crippen molar-refractivity contribution in [3.05, 3.63) is 30.3 Å². The van der Waals surface area contributed by atoms with Crippen LogP contribution in [0.25, 0.3) is 0 Å². The van der Waals surface area contributed by atoms with Gasteiger partial charge in [-0.25, -0.2) is 0 Å². The van der Waals surface area contributed by atoms with Crippen LogP contribution in [-0.2, 0) is 0 Å². The summed E-state index contributed by atoms with van der Waals surface area (Å²) in [5, 5.41) is 1.30. The van der Waals surface area contributed by atoms with E-state index in [0.717, 1.165) is 0 Å². The van der Waals surface area contributed by atoms with Crippen molar-refractivity contribution in [3.63, 3.8) is 0 Å². The molecule has 1 aliphatic heterocycles. The molecule has 1 atom stereocenters. The molecule has 0 aromatic heterocycles. The molecule has 0 fully saturated rings. The van der Waals surface area contributed by atoms with Crippen LogP contribution in [0.3, 0.4) is 0 Å². The van der Waals surface area contributed by atoms with Gasteiger partial charge in [-0.2, -0.15) is 0 Å². The normalized spacial score (nSPS) is 21.8. The fourth-order valence-corrected chi connectivity index (χ4v) is 3.93. The number of halogens is 1. The Kier molecular flexibility index (Phi) is 5.23. The summed E-state index contributed by atoms with van der Waals surface area (Å²) in [4.78, 5) is 3.51. The van der Waals surface area contributed by atoms with Crippen LogP contribution >= 0.6 is 0 Å². The van der Waals surface area contributed by atoms with Crippen LogP contribution in [0.5, 0.6) is 0 Å². The van der Waals surface area contributed by atoms with Crippen LogP contribution in [0.1, 0.15) is 20.3 Å². The Hall–Kier alpha value is -0.111. The third-order valence-electron chi connectivity index (χ3n) is 2.68. The molecule has 0 aliphatic carbocycles. The third kappa shape index (κ3) is 4.04. The Morgan fingerprint density at radius 3 is 2.56 bits per heavy atom. The first-order valence-corrected chi connectivity index (χ1v) is 7.51. The van der Waals surface area contributed by atoms with Crippen LogP contribution < -0.4 is 26.4 Å². The van der Waals surface area contributed by atoms with Gasteiger partial charge in [0.2, 0.25) is 0 Å². The second-order valence-corrected chi connectivity index (χ2v) is 7.12. The van der Waals surface area contributed by atoms with Gasteiger partial charge in [-0.1, -0.05) is 0 Å². The quantitative estimate of drug-likeness (QED) is 0.576. The van der Waals surface area contributed by atoms with E-state index in [1.54, 1.807) is 0 Å². The monoisotopic (exact) mass is 347 g/mol. The molecule has 1 aromatic carbocycles. The Bertz CT molecular complexity index is 348. The van der Waals surface area contributed by atoms with Crippen molar-refractivity contribution in [2.45, 2.75) is 31.6 Å². The summed E-state index contributed by atoms with van der Waals surface area (Å²) in [6.07, 6.45) is 3.54. The fraction of sp³-hybridized carbons (Fsp3) is 0.462. The molecular formula is C13H18BrNSe. The van der Waals surface area contributed by atoms with E-state index < -0.39 is 0 Å². The van der Waals surface area contributed by atoms with E-state index in [2.05, 4.69) is 55.4 Å². The SMILES string of the molecule is CC1(C)C=[NH+]C(C[Se]c2ccccc2)C1.[Br-]. The Morgan fingerprint density at radius 2 is 2.00 bits per heavy atom. The molecule has 16 heavy (non-hydrogen) atoms. The van der Waals surface area contributed by atoms with E-state index in [4.69, 9.17) is 0 Å². The summed E-state index contributed by atoms with van der Waals surface area (Å²) in [5.41, 5.74) is 0.386. The molecule has 1 unspecified atom stereocenters. The largest absolute Gasteiger partial charge is 1.00 e. The average molecular weight is 347 g/mol. The molecule has 0 spiro atoms. The Morgan fingerprint density at radius 1 is 1.31 bits per heavy atom. The van der Waals surface area contributed by atoms with Gasteiger partial charge >= 0.3 is 98.0 Å². The van der Waals surface area contributed by atoms with Crippen LogP contribution in [0.15, 0.2) is 30.3 Å². The molecule has 1 aromatic rings. The maximum atomic E-state index is 3.51. The molecule has 0 amide bonds. The summed E-state index contributed by atoms with van der Waals surface area (Å²) in [7, 11) is 0. The molecule has 2 rings (SSSR count). The number of benzene rings is 1. The number of hydrogen-bond donors (Lipinski definition) is 1. The molecule has 0 bridgehead atoms. The van der Waals surface area contributed by atoms with Crippen LogP contribution in [0, 0.1) is 5.41 Å². The summed E-state index contributed by atoms with van der Waals surface area (Å²) >= 11 is 0.618. The van der Waals surface area contributed by atoms with Crippen molar-refractivity contribution in [3.8, 4) is 0 Å². The maximum Gasteiger partial charge on any atom is -1.00 e. The second-order valence-electron chi connectivity index (χ2n) is 4.82. The van der Waals surface area contributed by atoms with E-state index in [1.165, 1.54) is 16.2 Å². The zero-order chi connectivity index (χ0) is 10.7. The van der Waals surface area contributed by atoms with Gasteiger partial charge in [0.15, 0.2) is 0 Å². The van der Waals surface area contributed by atoms with E-state index in [-0.39, 0.29) is 17.0 Å². The van der Waals surface area contributed by atoms with Crippen molar-refractivity contribution in [2.75, 3.05) is 0 Å². The molecule has 1 aliphatic rings. The van der Waals surface area contributed by atoms with Crippen molar-refractivity contribution in [1.29, 1.82) is 0 Å². The number of hydrogen-bond acceptors (Lipinski definition) is 0. The molecule has 0 radical (unpaired) electrons. The summed E-state index contributed by atoms with van der Waals surface area (Å²) in [6.45, 7) is 4.60. The van der Waals surface area contributed by atoms with Gasteiger partial charge in [0.25, 0.3) is 0 Å². The van der Waals surface area contributed by atoms with Crippen molar-refractivity contribution < 1.29 is 22.0 Å². The maximum absolute atomic E-state index is 3.51. The minimum Gasteiger partial charge on any atom is -1.00 e. The van der Waals surface area contributed by atoms with E-state index in [1.807, 2.05) is 0 Å². The summed E-state index contributed by atoms with van der Waals surface area (Å²) < 4.78 is 1.51. The first kappa shape index (κ1) is 14.0. The van der Waals surface area contributed by atoms with Crippen LogP contribution in [0.4, 0.5) is 0 Å². The number of nitrogens with one attached hydrogen (secondary N) is 1. The Labute approximate surface area is 115 Å². The van der Waals surface area contributed by atoms with Gasteiger partial charge in [0.1, 0.15) is 0 Å². The molecule has 0 saturated heterocycles. The zero-order valence-corrected chi connectivity index (χ0v) is 13.0. The predicted molar refractivity (Wildman–Crippen MR) is 65.8 cm³/mol. The topological polar surface area (TPSA) is 14.0 Å². The van der Waals surface area contributed by atoms with Gasteiger partial charge in [-0.15, -0.1) is 0 Å². The second kappa shape index (κ2) is 5.99. The molecular weight excluding hydrogens is 329 g/mol. The van der Waals surface area contributed by atoms with Gasteiger partial charge in [0.05, 0.1) is 0 Å². The van der Waals surface area contributed by atoms with Gasteiger partial charge in [0, 0.05) is 0 Å². The minimum atomic E-state index is 0. The van der Waals surface area contributed by atoms with E-state index in [0.29, 0.717) is 26.4 Å². The molecule has 1 N–H and O–H groups in total. The average Bonchev–Trinajstić information content (AvgIpc) is 2.57. The van der Waals surface area contributed by atoms with Gasteiger partial charge < -0.3 is 17.0 Å². The van der Waals surface area contributed by atoms with Crippen LogP contribution in [0.2, 0.25) is 5.32 Å². The molecule has 1 heterocycles. The van der Waals surface area contributed by atoms with Crippen LogP contribution in [-0.4, -0.2) is 27.2 Å². The van der Waals surface area contributed by atoms with Crippen molar-refractivity contribution >= 4 is 25.6 Å². The van der Waals surface area contributed by atoms with E-state index in [9.17, 15) is 0 Å². The smallest absolute Gasteiger partial charge is 1.00 e. The standard InChI is InChI=1S/C13H17NSe.BrH/c1-13(2)8-11(14-10-13)9-15-12-6-4-3-5-7-12;/h3-7,10-11H,8-9H2,1-2H3;1H. The minimum absolute atomic E-state index is 0. The first-order valence-electron chi connectivity index (χ1n) is 5.44. The molecule has 1 nitrogen and oxygen atoms in total. The fourth-order valence-electron chi connectivity index (χ4n) is 1.92. The van der Waals surface area contributed by atoms with Gasteiger partial charge in [-0.3, -0.25) is 0 Å². The first-order chi connectivity index (χ1) is 7.16. The molecule has 3 heteroatoms. The Balaban J connectivity index is 0.00000128. The molecule has 0 saturated carbocycles. The van der Waals surface area contributed by atoms with Gasteiger partial charge in [-0.05, 0) is 0 Å². The third-order valence-corrected chi connectivity index (χ3v) is 5.14. The predicted octanol–water partition coefficient (Wildman–Crippen LogP) is -2.61. The van der Waals surface area contributed by atoms with Crippen molar-refractivity contribution in [1.82, 2.24) is 0 Å². The molecule has 88 valence electrons. The van der Waals surface area contributed by atoms with E-state index >= 15 is 0 Å². The van der Waals surface area contributed by atoms with Crippen molar-refractivity contribution in [2.24, 2.45) is 5.41 Å². The zero-order valence-electron chi connectivity index (χ0n) is 9.74. The summed E-state index contributed by atoms with van der Waals surface area (Å²) in [6, 6.07) is 11.5.